The SMILES string of the molecule is Oc1c2c(nn1-c1cc(N3CCOCC3)n3nc(-c4ccncc4)cc3n1)CCCC2. The fourth-order valence-corrected chi connectivity index (χ4v) is 4.43. The van der Waals surface area contributed by atoms with E-state index >= 15 is 0 Å². The summed E-state index contributed by atoms with van der Waals surface area (Å²) in [5.41, 5.74) is 4.44. The van der Waals surface area contributed by atoms with Crippen LogP contribution >= 0.6 is 0 Å². The Morgan fingerprint density at radius 2 is 1.77 bits per heavy atom. The first-order valence-electron chi connectivity index (χ1n) is 10.7. The van der Waals surface area contributed by atoms with Crippen molar-refractivity contribution in [2.24, 2.45) is 0 Å². The van der Waals surface area contributed by atoms with Gasteiger partial charge in [-0.2, -0.15) is 19.4 Å². The van der Waals surface area contributed by atoms with E-state index in [1.807, 2.05) is 28.8 Å². The van der Waals surface area contributed by atoms with Gasteiger partial charge in [0.25, 0.3) is 0 Å². The second-order valence-corrected chi connectivity index (χ2v) is 7.98. The molecule has 1 N–H and O–H groups in total. The lowest BCUT2D eigenvalue weighted by molar-refractivity contribution is 0.122. The van der Waals surface area contributed by atoms with Gasteiger partial charge in [0, 0.05) is 48.7 Å². The Morgan fingerprint density at radius 1 is 0.968 bits per heavy atom. The van der Waals surface area contributed by atoms with Crippen LogP contribution in [0.5, 0.6) is 5.88 Å². The lowest BCUT2D eigenvalue weighted by Gasteiger charge is -2.29. The maximum Gasteiger partial charge on any atom is 0.219 e. The van der Waals surface area contributed by atoms with Crippen LogP contribution in [0.2, 0.25) is 0 Å². The fourth-order valence-electron chi connectivity index (χ4n) is 4.43. The zero-order valence-corrected chi connectivity index (χ0v) is 17.1. The van der Waals surface area contributed by atoms with Crippen LogP contribution < -0.4 is 4.90 Å². The van der Waals surface area contributed by atoms with Crippen molar-refractivity contribution < 1.29 is 9.84 Å². The molecule has 0 unspecified atom stereocenters. The molecule has 9 heteroatoms. The molecule has 158 valence electrons. The van der Waals surface area contributed by atoms with Crippen molar-refractivity contribution in [2.45, 2.75) is 25.7 Å². The molecule has 0 atom stereocenters. The molecule has 0 amide bonds. The largest absolute Gasteiger partial charge is 0.493 e. The third-order valence-corrected chi connectivity index (χ3v) is 6.05. The van der Waals surface area contributed by atoms with E-state index in [1.165, 1.54) is 0 Å². The molecule has 2 aliphatic rings. The maximum absolute atomic E-state index is 10.9. The van der Waals surface area contributed by atoms with Crippen molar-refractivity contribution in [1.82, 2.24) is 29.4 Å². The van der Waals surface area contributed by atoms with Gasteiger partial charge in [-0.05, 0) is 37.8 Å². The molecule has 1 saturated heterocycles. The smallest absolute Gasteiger partial charge is 0.219 e. The summed E-state index contributed by atoms with van der Waals surface area (Å²) in [7, 11) is 0. The highest BCUT2D eigenvalue weighted by atomic mass is 16.5. The Kier molecular flexibility index (Phi) is 4.34. The molecule has 0 aromatic carbocycles. The molecule has 1 aliphatic carbocycles. The van der Waals surface area contributed by atoms with E-state index in [1.54, 1.807) is 17.1 Å². The Balaban J connectivity index is 1.53. The van der Waals surface area contributed by atoms with Crippen LogP contribution in [0, 0.1) is 0 Å². The Hall–Kier alpha value is -3.46. The average Bonchev–Trinajstić information content (AvgIpc) is 3.41. The molecule has 1 aliphatic heterocycles. The number of hydrogen-bond acceptors (Lipinski definition) is 7. The highest BCUT2D eigenvalue weighted by Crippen LogP contribution is 2.32. The maximum atomic E-state index is 10.9. The van der Waals surface area contributed by atoms with Crippen molar-refractivity contribution in [3.8, 4) is 23.0 Å². The van der Waals surface area contributed by atoms with Gasteiger partial charge in [0.1, 0.15) is 5.82 Å². The zero-order chi connectivity index (χ0) is 20.8. The Labute approximate surface area is 178 Å². The molecule has 0 radical (unpaired) electrons. The number of nitrogens with zero attached hydrogens (tertiary/aromatic N) is 7. The number of ether oxygens (including phenoxy) is 1. The number of aromatic hydroxyl groups is 1. The predicted octanol–water partition coefficient (Wildman–Crippen LogP) is 2.40. The molecule has 0 bridgehead atoms. The van der Waals surface area contributed by atoms with Crippen LogP contribution in [0.4, 0.5) is 5.82 Å². The van der Waals surface area contributed by atoms with Crippen molar-refractivity contribution in [3.63, 3.8) is 0 Å². The van der Waals surface area contributed by atoms with Crippen molar-refractivity contribution >= 4 is 11.5 Å². The average molecular weight is 417 g/mol. The standard InChI is InChI=1S/C22H23N7O2/c30-22-16-3-1-2-4-17(16)25-29(22)20-14-21(27-9-11-31-12-10-27)28-19(24-20)13-18(26-28)15-5-7-23-8-6-15/h5-8,13-14,30H,1-4,9-12H2. The third-order valence-electron chi connectivity index (χ3n) is 6.05. The van der Waals surface area contributed by atoms with Crippen LogP contribution in [-0.2, 0) is 17.6 Å². The summed E-state index contributed by atoms with van der Waals surface area (Å²) in [5.74, 6) is 1.71. The van der Waals surface area contributed by atoms with Crippen LogP contribution in [-0.4, -0.2) is 60.8 Å². The number of pyridine rings is 1. The predicted molar refractivity (Wildman–Crippen MR) is 115 cm³/mol. The van der Waals surface area contributed by atoms with E-state index in [4.69, 9.17) is 19.9 Å². The van der Waals surface area contributed by atoms with Gasteiger partial charge < -0.3 is 14.7 Å². The summed E-state index contributed by atoms with van der Waals surface area (Å²) in [6.45, 7) is 2.87. The second-order valence-electron chi connectivity index (χ2n) is 7.98. The summed E-state index contributed by atoms with van der Waals surface area (Å²) >= 11 is 0. The Morgan fingerprint density at radius 3 is 2.58 bits per heavy atom. The van der Waals surface area contributed by atoms with Gasteiger partial charge in [0.15, 0.2) is 11.5 Å². The van der Waals surface area contributed by atoms with Crippen LogP contribution in [0.25, 0.3) is 22.7 Å². The van der Waals surface area contributed by atoms with E-state index in [-0.39, 0.29) is 5.88 Å². The molecule has 4 aromatic heterocycles. The van der Waals surface area contributed by atoms with E-state index in [9.17, 15) is 5.11 Å². The van der Waals surface area contributed by atoms with Gasteiger partial charge in [-0.3, -0.25) is 4.98 Å². The first kappa shape index (κ1) is 18.3. The van der Waals surface area contributed by atoms with Crippen LogP contribution in [0.15, 0.2) is 36.7 Å². The molecule has 9 nitrogen and oxygen atoms in total. The van der Waals surface area contributed by atoms with Crippen LogP contribution in [0.3, 0.4) is 0 Å². The second kappa shape index (κ2) is 7.35. The topological polar surface area (TPSA) is 93.6 Å². The van der Waals surface area contributed by atoms with E-state index in [0.29, 0.717) is 24.7 Å². The number of morpholine rings is 1. The molecule has 31 heavy (non-hydrogen) atoms. The lowest BCUT2D eigenvalue weighted by Crippen LogP contribution is -2.37. The Bertz CT molecular complexity index is 1240. The molecule has 6 rings (SSSR count). The number of anilines is 1. The van der Waals surface area contributed by atoms with Crippen molar-refractivity contribution in [2.75, 3.05) is 31.2 Å². The number of fused-ring (bicyclic) bond motifs is 2. The number of rotatable bonds is 3. The zero-order valence-electron chi connectivity index (χ0n) is 17.1. The highest BCUT2D eigenvalue weighted by molar-refractivity contribution is 5.66. The molecule has 1 fully saturated rings. The normalized spacial score (nSPS) is 16.6. The monoisotopic (exact) mass is 417 g/mol. The van der Waals surface area contributed by atoms with Gasteiger partial charge in [0.05, 0.1) is 24.6 Å². The van der Waals surface area contributed by atoms with Gasteiger partial charge in [-0.1, -0.05) is 0 Å². The molecule has 0 spiro atoms. The van der Waals surface area contributed by atoms with Gasteiger partial charge >= 0.3 is 0 Å². The molecule has 5 heterocycles. The minimum absolute atomic E-state index is 0.202. The summed E-state index contributed by atoms with van der Waals surface area (Å²) in [6, 6.07) is 7.79. The van der Waals surface area contributed by atoms with Crippen molar-refractivity contribution in [1.29, 1.82) is 0 Å². The van der Waals surface area contributed by atoms with Crippen LogP contribution in [0.1, 0.15) is 24.1 Å². The van der Waals surface area contributed by atoms with E-state index in [0.717, 1.165) is 67.1 Å². The fraction of sp³-hybridized carbons (Fsp3) is 0.364. The molecular formula is C22H23N7O2. The minimum Gasteiger partial charge on any atom is -0.493 e. The lowest BCUT2D eigenvalue weighted by atomic mass is 9.98. The minimum atomic E-state index is 0.202. The summed E-state index contributed by atoms with van der Waals surface area (Å²) in [4.78, 5) is 11.2. The summed E-state index contributed by atoms with van der Waals surface area (Å²) < 4.78 is 8.99. The summed E-state index contributed by atoms with van der Waals surface area (Å²) in [5, 5.41) is 20.4. The first-order chi connectivity index (χ1) is 15.3. The number of aryl methyl sites for hydroxylation is 1. The molecule has 4 aromatic rings. The van der Waals surface area contributed by atoms with Gasteiger partial charge in [-0.25, -0.2) is 4.98 Å². The van der Waals surface area contributed by atoms with Crippen molar-refractivity contribution in [3.05, 3.63) is 47.9 Å². The summed E-state index contributed by atoms with van der Waals surface area (Å²) in [6.07, 6.45) is 7.45. The number of hydrogen-bond donors (Lipinski definition) is 1. The van der Waals surface area contributed by atoms with E-state index < -0.39 is 0 Å². The van der Waals surface area contributed by atoms with Gasteiger partial charge in [0.2, 0.25) is 5.88 Å². The first-order valence-corrected chi connectivity index (χ1v) is 10.7. The molecular weight excluding hydrogens is 394 g/mol. The quantitative estimate of drug-likeness (QED) is 0.547. The van der Waals surface area contributed by atoms with Gasteiger partial charge in [-0.15, -0.1) is 0 Å². The number of aromatic nitrogens is 6. The highest BCUT2D eigenvalue weighted by Gasteiger charge is 2.24. The van der Waals surface area contributed by atoms with E-state index in [2.05, 4.69) is 9.88 Å². The molecule has 0 saturated carbocycles. The third kappa shape index (κ3) is 3.12.